The van der Waals surface area contributed by atoms with Crippen molar-refractivity contribution in [1.29, 1.82) is 0 Å². The third-order valence-electron chi connectivity index (χ3n) is 5.34. The molecule has 26 heavy (non-hydrogen) atoms. The van der Waals surface area contributed by atoms with Crippen molar-refractivity contribution in [3.05, 3.63) is 29.8 Å². The van der Waals surface area contributed by atoms with Crippen LogP contribution in [0.4, 0.5) is 0 Å². The average molecular weight is 363 g/mol. The van der Waals surface area contributed by atoms with Crippen LogP contribution in [0.15, 0.2) is 24.3 Å². The lowest BCUT2D eigenvalue weighted by atomic mass is 10.0. The molecule has 0 amide bonds. The van der Waals surface area contributed by atoms with Gasteiger partial charge in [-0.05, 0) is 37.0 Å². The highest BCUT2D eigenvalue weighted by molar-refractivity contribution is 5.25. The molecule has 1 unspecified atom stereocenters. The van der Waals surface area contributed by atoms with Crippen LogP contribution in [0.1, 0.15) is 109 Å². The number of aromatic hydroxyl groups is 1. The Morgan fingerprint density at radius 1 is 0.654 bits per heavy atom. The number of aryl methyl sites for hydroxylation is 1. The first-order valence-corrected chi connectivity index (χ1v) is 11.2. The van der Waals surface area contributed by atoms with Gasteiger partial charge in [-0.2, -0.15) is 0 Å². The lowest BCUT2D eigenvalue weighted by Crippen LogP contribution is -2.07. The van der Waals surface area contributed by atoms with Crippen LogP contribution in [0.5, 0.6) is 5.75 Å². The van der Waals surface area contributed by atoms with Crippen LogP contribution in [0, 0.1) is 0 Å². The normalized spacial score (nSPS) is 12.4. The summed E-state index contributed by atoms with van der Waals surface area (Å²) in [5, 5.41) is 19.4. The van der Waals surface area contributed by atoms with Crippen LogP contribution >= 0.6 is 0 Å². The molecule has 2 heteroatoms. The maximum atomic E-state index is 10.1. The Labute approximate surface area is 162 Å². The molecule has 0 saturated heterocycles. The number of phenolic OH excluding ortho intramolecular Hbond substituents is 1. The molecule has 0 aliphatic rings. The first kappa shape index (κ1) is 23.0. The molecule has 0 aliphatic heterocycles. The van der Waals surface area contributed by atoms with Crippen molar-refractivity contribution in [2.24, 2.45) is 0 Å². The Hall–Kier alpha value is -1.02. The molecule has 0 spiro atoms. The van der Waals surface area contributed by atoms with Crippen LogP contribution in [-0.4, -0.2) is 16.3 Å². The standard InChI is InChI=1S/C24H42O2/c1-2-3-4-5-6-7-8-9-10-11-12-13-14-15-23(25)19-16-22-17-20-24(26)21-18-22/h17-18,20-21,23,25-26H,2-16,19H2,1H3. The third-order valence-corrected chi connectivity index (χ3v) is 5.34. The molecule has 2 N–H and O–H groups in total. The Kier molecular flexibility index (Phi) is 14.3. The summed E-state index contributed by atoms with van der Waals surface area (Å²) in [5.74, 6) is 0.307. The first-order chi connectivity index (χ1) is 12.7. The Balaban J connectivity index is 1.83. The minimum Gasteiger partial charge on any atom is -0.508 e. The van der Waals surface area contributed by atoms with E-state index < -0.39 is 0 Å². The predicted octanol–water partition coefficient (Wildman–Crippen LogP) is 7.17. The van der Waals surface area contributed by atoms with Gasteiger partial charge < -0.3 is 10.2 Å². The van der Waals surface area contributed by atoms with Crippen molar-refractivity contribution in [1.82, 2.24) is 0 Å². The van der Waals surface area contributed by atoms with E-state index >= 15 is 0 Å². The lowest BCUT2D eigenvalue weighted by Gasteiger charge is -2.10. The van der Waals surface area contributed by atoms with Gasteiger partial charge in [-0.1, -0.05) is 103 Å². The smallest absolute Gasteiger partial charge is 0.115 e. The van der Waals surface area contributed by atoms with Crippen LogP contribution in [0.2, 0.25) is 0 Å². The van der Waals surface area contributed by atoms with Crippen LogP contribution in [0.25, 0.3) is 0 Å². The summed E-state index contributed by atoms with van der Waals surface area (Å²) < 4.78 is 0. The second-order valence-corrected chi connectivity index (χ2v) is 7.89. The molecular weight excluding hydrogens is 320 g/mol. The molecule has 150 valence electrons. The molecule has 0 heterocycles. The number of unbranched alkanes of at least 4 members (excludes halogenated alkanes) is 12. The summed E-state index contributed by atoms with van der Waals surface area (Å²) in [6.45, 7) is 2.28. The van der Waals surface area contributed by atoms with Crippen molar-refractivity contribution in [3.8, 4) is 5.75 Å². The highest BCUT2D eigenvalue weighted by Gasteiger charge is 2.04. The molecule has 1 rings (SSSR count). The summed E-state index contributed by atoms with van der Waals surface area (Å²) >= 11 is 0. The molecule has 1 aromatic rings. The van der Waals surface area contributed by atoms with Crippen LogP contribution in [-0.2, 0) is 6.42 Å². The van der Waals surface area contributed by atoms with Gasteiger partial charge in [0, 0.05) is 0 Å². The molecule has 1 aromatic carbocycles. The molecule has 2 nitrogen and oxygen atoms in total. The maximum Gasteiger partial charge on any atom is 0.115 e. The zero-order valence-corrected chi connectivity index (χ0v) is 17.1. The predicted molar refractivity (Wildman–Crippen MR) is 113 cm³/mol. The summed E-state index contributed by atoms with van der Waals surface area (Å²) in [7, 11) is 0. The fourth-order valence-electron chi connectivity index (χ4n) is 3.54. The average Bonchev–Trinajstić information content (AvgIpc) is 2.65. The summed E-state index contributed by atoms with van der Waals surface area (Å²) in [4.78, 5) is 0. The molecule has 1 atom stereocenters. The van der Waals surface area contributed by atoms with Gasteiger partial charge in [-0.25, -0.2) is 0 Å². The van der Waals surface area contributed by atoms with Gasteiger partial charge in [0.1, 0.15) is 5.75 Å². The van der Waals surface area contributed by atoms with Gasteiger partial charge in [0.15, 0.2) is 0 Å². The fraction of sp³-hybridized carbons (Fsp3) is 0.750. The maximum absolute atomic E-state index is 10.1. The number of rotatable bonds is 17. The molecule has 0 aromatic heterocycles. The van der Waals surface area contributed by atoms with Crippen molar-refractivity contribution in [2.75, 3.05) is 0 Å². The lowest BCUT2D eigenvalue weighted by molar-refractivity contribution is 0.151. The topological polar surface area (TPSA) is 40.5 Å². The quantitative estimate of drug-likeness (QED) is 0.288. The van der Waals surface area contributed by atoms with Gasteiger partial charge in [0.05, 0.1) is 6.10 Å². The first-order valence-electron chi connectivity index (χ1n) is 11.2. The van der Waals surface area contributed by atoms with E-state index in [2.05, 4.69) is 6.92 Å². The highest BCUT2D eigenvalue weighted by Crippen LogP contribution is 2.16. The molecular formula is C24H42O2. The second-order valence-electron chi connectivity index (χ2n) is 7.89. The Morgan fingerprint density at radius 2 is 1.12 bits per heavy atom. The Bertz CT molecular complexity index is 413. The van der Waals surface area contributed by atoms with E-state index in [9.17, 15) is 10.2 Å². The summed E-state index contributed by atoms with van der Waals surface area (Å²) in [6.07, 6.45) is 20.2. The molecule has 0 aliphatic carbocycles. The zero-order chi connectivity index (χ0) is 18.9. The number of aliphatic hydroxyl groups excluding tert-OH is 1. The fourth-order valence-corrected chi connectivity index (χ4v) is 3.54. The van der Waals surface area contributed by atoms with Gasteiger partial charge in [0.2, 0.25) is 0 Å². The largest absolute Gasteiger partial charge is 0.508 e. The second kappa shape index (κ2) is 16.2. The van der Waals surface area contributed by atoms with Crippen LogP contribution in [0.3, 0.4) is 0 Å². The van der Waals surface area contributed by atoms with Gasteiger partial charge in [-0.3, -0.25) is 0 Å². The SMILES string of the molecule is CCCCCCCCCCCCCCCC(O)CCc1ccc(O)cc1. The van der Waals surface area contributed by atoms with Crippen molar-refractivity contribution in [2.45, 2.75) is 116 Å². The number of benzene rings is 1. The van der Waals surface area contributed by atoms with E-state index in [-0.39, 0.29) is 6.10 Å². The van der Waals surface area contributed by atoms with E-state index in [4.69, 9.17) is 0 Å². The number of hydrogen-bond acceptors (Lipinski definition) is 2. The van der Waals surface area contributed by atoms with E-state index in [1.54, 1.807) is 12.1 Å². The summed E-state index contributed by atoms with van der Waals surface area (Å²) in [6, 6.07) is 7.31. The number of hydrogen-bond donors (Lipinski definition) is 2. The number of aliphatic hydroxyl groups is 1. The van der Waals surface area contributed by atoms with E-state index in [1.165, 1.54) is 82.6 Å². The molecule has 0 bridgehead atoms. The van der Waals surface area contributed by atoms with Gasteiger partial charge in [-0.15, -0.1) is 0 Å². The zero-order valence-electron chi connectivity index (χ0n) is 17.1. The van der Waals surface area contributed by atoms with Crippen molar-refractivity contribution < 1.29 is 10.2 Å². The highest BCUT2D eigenvalue weighted by atomic mass is 16.3. The molecule has 0 saturated carbocycles. The monoisotopic (exact) mass is 362 g/mol. The number of phenols is 1. The van der Waals surface area contributed by atoms with E-state index in [0.717, 1.165) is 25.7 Å². The molecule has 0 fully saturated rings. The Morgan fingerprint density at radius 3 is 1.62 bits per heavy atom. The minimum atomic E-state index is -0.184. The van der Waals surface area contributed by atoms with Crippen LogP contribution < -0.4 is 0 Å². The molecule has 0 radical (unpaired) electrons. The van der Waals surface area contributed by atoms with E-state index in [1.807, 2.05) is 12.1 Å². The van der Waals surface area contributed by atoms with Gasteiger partial charge >= 0.3 is 0 Å². The van der Waals surface area contributed by atoms with Crippen molar-refractivity contribution >= 4 is 0 Å². The van der Waals surface area contributed by atoms with E-state index in [0.29, 0.717) is 5.75 Å². The third kappa shape index (κ3) is 13.2. The van der Waals surface area contributed by atoms with Crippen molar-refractivity contribution in [3.63, 3.8) is 0 Å². The van der Waals surface area contributed by atoms with Gasteiger partial charge in [0.25, 0.3) is 0 Å². The summed E-state index contributed by atoms with van der Waals surface area (Å²) in [5.41, 5.74) is 1.19. The minimum absolute atomic E-state index is 0.184.